The quantitative estimate of drug-likeness (QED) is 0.658. The average molecular weight is 305 g/mol. The zero-order valence-corrected chi connectivity index (χ0v) is 12.7. The summed E-state index contributed by atoms with van der Waals surface area (Å²) in [5, 5.41) is 3.83. The Hall–Kier alpha value is -2.20. The highest BCUT2D eigenvalue weighted by Gasteiger charge is 2.14. The normalized spacial score (nSPS) is 10.2. The van der Waals surface area contributed by atoms with Crippen molar-refractivity contribution in [2.24, 2.45) is 0 Å². The molecule has 4 nitrogen and oxygen atoms in total. The molecule has 3 N–H and O–H groups in total. The number of halogens is 1. The smallest absolute Gasteiger partial charge is 0.340 e. The Kier molecular flexibility index (Phi) is 4.70. The summed E-state index contributed by atoms with van der Waals surface area (Å²) in [6, 6.07) is 10.7. The van der Waals surface area contributed by atoms with Gasteiger partial charge in [-0.25, -0.2) is 4.79 Å². The number of ether oxygens (including phenoxy) is 1. The van der Waals surface area contributed by atoms with Crippen LogP contribution in [-0.2, 0) is 4.74 Å². The van der Waals surface area contributed by atoms with E-state index in [0.29, 0.717) is 28.6 Å². The number of rotatable bonds is 4. The van der Waals surface area contributed by atoms with Gasteiger partial charge in [0.25, 0.3) is 0 Å². The van der Waals surface area contributed by atoms with Gasteiger partial charge in [0.2, 0.25) is 0 Å². The highest BCUT2D eigenvalue weighted by Crippen LogP contribution is 2.29. The third kappa shape index (κ3) is 3.47. The number of nitrogen functional groups attached to an aromatic ring is 1. The molecule has 0 unspecified atom stereocenters. The molecule has 2 aromatic rings. The zero-order valence-electron chi connectivity index (χ0n) is 11.9. The predicted octanol–water partition coefficient (Wildman–Crippen LogP) is 4.15. The number of para-hydroxylation sites is 1. The van der Waals surface area contributed by atoms with Crippen molar-refractivity contribution in [2.75, 3.05) is 17.7 Å². The van der Waals surface area contributed by atoms with Crippen molar-refractivity contribution in [3.05, 3.63) is 52.5 Å². The molecule has 0 spiro atoms. The fourth-order valence-electron chi connectivity index (χ4n) is 1.94. The van der Waals surface area contributed by atoms with Gasteiger partial charge >= 0.3 is 5.97 Å². The molecule has 2 aromatic carbocycles. The first-order valence-corrected chi connectivity index (χ1v) is 6.99. The number of carbonyl (C=O) groups is 1. The van der Waals surface area contributed by atoms with Crippen molar-refractivity contribution in [3.63, 3.8) is 0 Å². The third-order valence-corrected chi connectivity index (χ3v) is 3.31. The number of hydrogen-bond acceptors (Lipinski definition) is 4. The lowest BCUT2D eigenvalue weighted by Gasteiger charge is -2.14. The molecular formula is C16H17ClN2O2. The van der Waals surface area contributed by atoms with Gasteiger partial charge in [-0.1, -0.05) is 23.7 Å². The summed E-state index contributed by atoms with van der Waals surface area (Å²) in [6.45, 7) is 4.03. The van der Waals surface area contributed by atoms with E-state index in [-0.39, 0.29) is 0 Å². The second kappa shape index (κ2) is 6.50. The van der Waals surface area contributed by atoms with Gasteiger partial charge in [-0.2, -0.15) is 0 Å². The molecule has 0 aliphatic carbocycles. The molecule has 0 saturated carbocycles. The summed E-state index contributed by atoms with van der Waals surface area (Å²) in [6.07, 6.45) is 0. The van der Waals surface area contributed by atoms with Crippen molar-refractivity contribution < 1.29 is 9.53 Å². The first-order valence-electron chi connectivity index (χ1n) is 6.61. The van der Waals surface area contributed by atoms with Crippen molar-refractivity contribution >= 4 is 34.6 Å². The van der Waals surface area contributed by atoms with Crippen LogP contribution >= 0.6 is 11.6 Å². The maximum Gasteiger partial charge on any atom is 0.340 e. The van der Waals surface area contributed by atoms with Crippen molar-refractivity contribution in [1.82, 2.24) is 0 Å². The maximum atomic E-state index is 11.8. The summed E-state index contributed by atoms with van der Waals surface area (Å²) in [4.78, 5) is 11.8. The minimum atomic E-state index is -0.429. The van der Waals surface area contributed by atoms with Crippen molar-refractivity contribution in [3.8, 4) is 0 Å². The van der Waals surface area contributed by atoms with E-state index < -0.39 is 5.97 Å². The molecule has 0 radical (unpaired) electrons. The number of esters is 1. The van der Waals surface area contributed by atoms with Gasteiger partial charge in [0.05, 0.1) is 23.5 Å². The Morgan fingerprint density at radius 2 is 2.05 bits per heavy atom. The number of carbonyl (C=O) groups excluding carboxylic acids is 1. The van der Waals surface area contributed by atoms with Gasteiger partial charge in [0.1, 0.15) is 0 Å². The molecule has 0 saturated heterocycles. The Labute approximate surface area is 128 Å². The van der Waals surface area contributed by atoms with E-state index in [1.807, 2.05) is 25.1 Å². The fraction of sp³-hybridized carbons (Fsp3) is 0.188. The van der Waals surface area contributed by atoms with E-state index in [0.717, 1.165) is 11.3 Å². The first kappa shape index (κ1) is 15.2. The molecule has 0 aliphatic heterocycles. The number of nitrogens with one attached hydrogen (secondary N) is 1. The van der Waals surface area contributed by atoms with Gasteiger partial charge < -0.3 is 15.8 Å². The molecule has 21 heavy (non-hydrogen) atoms. The van der Waals surface area contributed by atoms with Crippen LogP contribution in [0.4, 0.5) is 17.1 Å². The van der Waals surface area contributed by atoms with E-state index in [9.17, 15) is 4.79 Å². The molecule has 5 heteroatoms. The SMILES string of the molecule is CCOC(=O)c1cccc(Nc2cc(Cl)ccc2C)c1N. The molecule has 110 valence electrons. The minimum Gasteiger partial charge on any atom is -0.462 e. The topological polar surface area (TPSA) is 64.3 Å². The van der Waals surface area contributed by atoms with Crippen LogP contribution in [-0.4, -0.2) is 12.6 Å². The van der Waals surface area contributed by atoms with Gasteiger partial charge in [-0.3, -0.25) is 0 Å². The molecule has 0 bridgehead atoms. The number of hydrogen-bond donors (Lipinski definition) is 2. The van der Waals surface area contributed by atoms with Crippen molar-refractivity contribution in [2.45, 2.75) is 13.8 Å². The van der Waals surface area contributed by atoms with Crippen LogP contribution in [0.15, 0.2) is 36.4 Å². The van der Waals surface area contributed by atoms with Crippen molar-refractivity contribution in [1.29, 1.82) is 0 Å². The van der Waals surface area contributed by atoms with E-state index >= 15 is 0 Å². The second-order valence-corrected chi connectivity index (χ2v) is 5.01. The van der Waals surface area contributed by atoms with E-state index in [1.54, 1.807) is 25.1 Å². The summed E-state index contributed by atoms with van der Waals surface area (Å²) in [5.74, 6) is -0.429. The lowest BCUT2D eigenvalue weighted by molar-refractivity contribution is 0.0527. The van der Waals surface area contributed by atoms with Crippen LogP contribution < -0.4 is 11.1 Å². The summed E-state index contributed by atoms with van der Waals surface area (Å²) in [5.41, 5.74) is 9.27. The van der Waals surface area contributed by atoms with Crippen LogP contribution in [0, 0.1) is 6.92 Å². The molecule has 0 heterocycles. The van der Waals surface area contributed by atoms with Gasteiger partial charge in [-0.15, -0.1) is 0 Å². The lowest BCUT2D eigenvalue weighted by atomic mass is 10.1. The Bertz CT molecular complexity index is 671. The number of nitrogens with two attached hydrogens (primary N) is 1. The Morgan fingerprint density at radius 1 is 1.29 bits per heavy atom. The van der Waals surface area contributed by atoms with E-state index in [2.05, 4.69) is 5.32 Å². The second-order valence-electron chi connectivity index (χ2n) is 4.57. The maximum absolute atomic E-state index is 11.8. The molecule has 2 rings (SSSR count). The van der Waals surface area contributed by atoms with Crippen LogP contribution in [0.1, 0.15) is 22.8 Å². The number of aryl methyl sites for hydroxylation is 1. The molecular weight excluding hydrogens is 288 g/mol. The van der Waals surface area contributed by atoms with E-state index in [4.69, 9.17) is 22.1 Å². The van der Waals surface area contributed by atoms with Crippen LogP contribution in [0.5, 0.6) is 0 Å². The minimum absolute atomic E-state index is 0.309. The molecule has 0 fully saturated rings. The predicted molar refractivity (Wildman–Crippen MR) is 86.3 cm³/mol. The lowest BCUT2D eigenvalue weighted by Crippen LogP contribution is -2.09. The Morgan fingerprint density at radius 3 is 2.76 bits per heavy atom. The molecule has 0 aliphatic rings. The van der Waals surface area contributed by atoms with Crippen LogP contribution in [0.2, 0.25) is 5.02 Å². The summed E-state index contributed by atoms with van der Waals surface area (Å²) < 4.78 is 4.99. The highest BCUT2D eigenvalue weighted by molar-refractivity contribution is 6.30. The molecule has 0 aromatic heterocycles. The van der Waals surface area contributed by atoms with E-state index in [1.165, 1.54) is 0 Å². The fourth-order valence-corrected chi connectivity index (χ4v) is 2.11. The Balaban J connectivity index is 2.35. The van der Waals surface area contributed by atoms with Gasteiger partial charge in [-0.05, 0) is 43.7 Å². The summed E-state index contributed by atoms with van der Waals surface area (Å²) >= 11 is 6.00. The van der Waals surface area contributed by atoms with Crippen LogP contribution in [0.25, 0.3) is 0 Å². The zero-order chi connectivity index (χ0) is 15.4. The number of benzene rings is 2. The van der Waals surface area contributed by atoms with Gasteiger partial charge in [0.15, 0.2) is 0 Å². The number of anilines is 3. The monoisotopic (exact) mass is 304 g/mol. The largest absolute Gasteiger partial charge is 0.462 e. The standard InChI is InChI=1S/C16H17ClN2O2/c1-3-21-16(20)12-5-4-6-13(15(12)18)19-14-9-11(17)8-7-10(14)2/h4-9,19H,3,18H2,1-2H3. The average Bonchev–Trinajstić information content (AvgIpc) is 2.45. The summed E-state index contributed by atoms with van der Waals surface area (Å²) in [7, 11) is 0. The molecule has 0 atom stereocenters. The molecule has 0 amide bonds. The highest BCUT2D eigenvalue weighted by atomic mass is 35.5. The third-order valence-electron chi connectivity index (χ3n) is 3.07. The van der Waals surface area contributed by atoms with Gasteiger partial charge in [0, 0.05) is 10.7 Å². The first-order chi connectivity index (χ1) is 10.0. The van der Waals surface area contributed by atoms with Crippen LogP contribution in [0.3, 0.4) is 0 Å².